The van der Waals surface area contributed by atoms with E-state index in [0.717, 1.165) is 32.5 Å². The van der Waals surface area contributed by atoms with Crippen LogP contribution in [0.3, 0.4) is 0 Å². The van der Waals surface area contributed by atoms with Gasteiger partial charge in [-0.3, -0.25) is 0 Å². The number of hydrogen-bond donors (Lipinski definition) is 1. The van der Waals surface area contributed by atoms with Gasteiger partial charge in [0.1, 0.15) is 0 Å². The SMILES string of the molecule is CCNC(=O)N1CCCCC1. The normalized spacial score (nSPS) is 18.1. The molecule has 0 unspecified atom stereocenters. The largest absolute Gasteiger partial charge is 0.338 e. The Morgan fingerprint density at radius 3 is 2.55 bits per heavy atom. The van der Waals surface area contributed by atoms with Crippen LogP contribution in [-0.2, 0) is 0 Å². The Hall–Kier alpha value is -0.730. The highest BCUT2D eigenvalue weighted by Crippen LogP contribution is 2.07. The number of carbonyl (C=O) groups is 1. The van der Waals surface area contributed by atoms with Crippen LogP contribution in [-0.4, -0.2) is 30.6 Å². The maximum Gasteiger partial charge on any atom is 0.317 e. The van der Waals surface area contributed by atoms with Crippen LogP contribution in [0.5, 0.6) is 0 Å². The van der Waals surface area contributed by atoms with Gasteiger partial charge in [-0.05, 0) is 26.2 Å². The minimum atomic E-state index is 0.104. The van der Waals surface area contributed by atoms with Crippen molar-refractivity contribution < 1.29 is 4.79 Å². The number of urea groups is 1. The molecule has 1 aliphatic rings. The van der Waals surface area contributed by atoms with Crippen LogP contribution in [0, 0.1) is 0 Å². The van der Waals surface area contributed by atoms with Crippen molar-refractivity contribution in [1.29, 1.82) is 0 Å². The Balaban J connectivity index is 2.27. The number of carbonyl (C=O) groups excluding carboxylic acids is 1. The van der Waals surface area contributed by atoms with Crippen LogP contribution in [0.1, 0.15) is 26.2 Å². The predicted octanol–water partition coefficient (Wildman–Crippen LogP) is 1.20. The number of piperidine rings is 1. The van der Waals surface area contributed by atoms with E-state index in [0.29, 0.717) is 0 Å². The lowest BCUT2D eigenvalue weighted by atomic mass is 10.1. The smallest absolute Gasteiger partial charge is 0.317 e. The third-order valence-corrected chi connectivity index (χ3v) is 1.97. The van der Waals surface area contributed by atoms with Gasteiger partial charge in [-0.1, -0.05) is 0 Å². The van der Waals surface area contributed by atoms with Crippen molar-refractivity contribution in [2.45, 2.75) is 26.2 Å². The molecule has 1 rings (SSSR count). The van der Waals surface area contributed by atoms with Gasteiger partial charge in [-0.25, -0.2) is 4.79 Å². The van der Waals surface area contributed by atoms with Gasteiger partial charge in [0, 0.05) is 19.6 Å². The summed E-state index contributed by atoms with van der Waals surface area (Å²) in [4.78, 5) is 13.1. The lowest BCUT2D eigenvalue weighted by Crippen LogP contribution is -2.42. The monoisotopic (exact) mass is 156 g/mol. The molecule has 0 radical (unpaired) electrons. The number of rotatable bonds is 1. The number of nitrogens with one attached hydrogen (secondary N) is 1. The predicted molar refractivity (Wildman–Crippen MR) is 44.5 cm³/mol. The van der Waals surface area contributed by atoms with E-state index in [1.807, 2.05) is 11.8 Å². The minimum Gasteiger partial charge on any atom is -0.338 e. The Bertz CT molecular complexity index is 130. The second kappa shape index (κ2) is 4.21. The Morgan fingerprint density at radius 2 is 2.00 bits per heavy atom. The Kier molecular flexibility index (Phi) is 3.20. The van der Waals surface area contributed by atoms with Crippen LogP contribution < -0.4 is 5.32 Å². The average Bonchev–Trinajstić information content (AvgIpc) is 2.07. The molecule has 1 fully saturated rings. The molecule has 0 aromatic rings. The maximum absolute atomic E-state index is 11.2. The van der Waals surface area contributed by atoms with E-state index >= 15 is 0 Å². The maximum atomic E-state index is 11.2. The van der Waals surface area contributed by atoms with Crippen molar-refractivity contribution >= 4 is 6.03 Å². The van der Waals surface area contributed by atoms with E-state index in [2.05, 4.69) is 5.32 Å². The van der Waals surface area contributed by atoms with Gasteiger partial charge in [-0.15, -0.1) is 0 Å². The van der Waals surface area contributed by atoms with Gasteiger partial charge in [-0.2, -0.15) is 0 Å². The highest BCUT2D eigenvalue weighted by Gasteiger charge is 2.14. The number of hydrogen-bond acceptors (Lipinski definition) is 1. The van der Waals surface area contributed by atoms with Gasteiger partial charge < -0.3 is 10.2 Å². The van der Waals surface area contributed by atoms with Crippen molar-refractivity contribution in [2.75, 3.05) is 19.6 Å². The zero-order valence-electron chi connectivity index (χ0n) is 7.10. The first-order chi connectivity index (χ1) is 5.34. The molecule has 3 heteroatoms. The van der Waals surface area contributed by atoms with Crippen molar-refractivity contribution in [3.8, 4) is 0 Å². The summed E-state index contributed by atoms with van der Waals surface area (Å²) in [6.07, 6.45) is 3.60. The van der Waals surface area contributed by atoms with Crippen LogP contribution >= 0.6 is 0 Å². The molecule has 3 nitrogen and oxygen atoms in total. The van der Waals surface area contributed by atoms with Crippen molar-refractivity contribution in [2.24, 2.45) is 0 Å². The molecule has 1 heterocycles. The molecular weight excluding hydrogens is 140 g/mol. The summed E-state index contributed by atoms with van der Waals surface area (Å²) in [7, 11) is 0. The first-order valence-corrected chi connectivity index (χ1v) is 4.37. The third kappa shape index (κ3) is 2.41. The fourth-order valence-electron chi connectivity index (χ4n) is 1.36. The van der Waals surface area contributed by atoms with Crippen LogP contribution in [0.4, 0.5) is 4.79 Å². The lowest BCUT2D eigenvalue weighted by Gasteiger charge is -2.26. The van der Waals surface area contributed by atoms with Crippen LogP contribution in [0.2, 0.25) is 0 Å². The van der Waals surface area contributed by atoms with Gasteiger partial charge >= 0.3 is 6.03 Å². The molecule has 1 aliphatic heterocycles. The van der Waals surface area contributed by atoms with E-state index in [9.17, 15) is 4.79 Å². The Morgan fingerprint density at radius 1 is 1.36 bits per heavy atom. The molecule has 1 saturated heterocycles. The van der Waals surface area contributed by atoms with Gasteiger partial charge in [0.15, 0.2) is 0 Å². The lowest BCUT2D eigenvalue weighted by molar-refractivity contribution is 0.187. The fourth-order valence-corrected chi connectivity index (χ4v) is 1.36. The van der Waals surface area contributed by atoms with Crippen molar-refractivity contribution in [3.63, 3.8) is 0 Å². The van der Waals surface area contributed by atoms with Gasteiger partial charge in [0.25, 0.3) is 0 Å². The van der Waals surface area contributed by atoms with Crippen LogP contribution in [0.15, 0.2) is 0 Å². The first-order valence-electron chi connectivity index (χ1n) is 4.37. The fraction of sp³-hybridized carbons (Fsp3) is 0.875. The molecule has 0 spiro atoms. The second-order valence-corrected chi connectivity index (χ2v) is 2.88. The minimum absolute atomic E-state index is 0.104. The molecule has 0 aromatic heterocycles. The highest BCUT2D eigenvalue weighted by molar-refractivity contribution is 5.74. The number of nitrogens with zero attached hydrogens (tertiary/aromatic N) is 1. The third-order valence-electron chi connectivity index (χ3n) is 1.97. The Labute approximate surface area is 67.8 Å². The molecular formula is C8H16N2O. The molecule has 1 N–H and O–H groups in total. The molecule has 0 atom stereocenters. The number of likely N-dealkylation sites (tertiary alicyclic amines) is 1. The molecule has 64 valence electrons. The summed E-state index contributed by atoms with van der Waals surface area (Å²) >= 11 is 0. The molecule has 0 saturated carbocycles. The van der Waals surface area contributed by atoms with Gasteiger partial charge in [0.05, 0.1) is 0 Å². The standard InChI is InChI=1S/C8H16N2O/c1-2-9-8(11)10-6-4-3-5-7-10/h2-7H2,1H3,(H,9,11). The van der Waals surface area contributed by atoms with Crippen LogP contribution in [0.25, 0.3) is 0 Å². The summed E-state index contributed by atoms with van der Waals surface area (Å²) in [6, 6.07) is 0.104. The number of amides is 2. The zero-order chi connectivity index (χ0) is 8.10. The average molecular weight is 156 g/mol. The second-order valence-electron chi connectivity index (χ2n) is 2.88. The summed E-state index contributed by atoms with van der Waals surface area (Å²) in [5.41, 5.74) is 0. The summed E-state index contributed by atoms with van der Waals surface area (Å²) in [5.74, 6) is 0. The van der Waals surface area contributed by atoms with E-state index in [1.54, 1.807) is 0 Å². The molecule has 2 amide bonds. The van der Waals surface area contributed by atoms with E-state index in [1.165, 1.54) is 6.42 Å². The van der Waals surface area contributed by atoms with Gasteiger partial charge in [0.2, 0.25) is 0 Å². The molecule has 11 heavy (non-hydrogen) atoms. The highest BCUT2D eigenvalue weighted by atomic mass is 16.2. The molecule has 0 aliphatic carbocycles. The zero-order valence-corrected chi connectivity index (χ0v) is 7.10. The van der Waals surface area contributed by atoms with Crippen molar-refractivity contribution in [3.05, 3.63) is 0 Å². The quantitative estimate of drug-likeness (QED) is 0.608. The first kappa shape index (κ1) is 8.37. The summed E-state index contributed by atoms with van der Waals surface area (Å²) < 4.78 is 0. The molecule has 0 aromatic carbocycles. The summed E-state index contributed by atoms with van der Waals surface area (Å²) in [5, 5.41) is 2.80. The summed E-state index contributed by atoms with van der Waals surface area (Å²) in [6.45, 7) is 4.55. The topological polar surface area (TPSA) is 32.3 Å². The van der Waals surface area contributed by atoms with E-state index in [-0.39, 0.29) is 6.03 Å². The van der Waals surface area contributed by atoms with E-state index < -0.39 is 0 Å². The molecule has 0 bridgehead atoms. The van der Waals surface area contributed by atoms with Crippen molar-refractivity contribution in [1.82, 2.24) is 10.2 Å². The van der Waals surface area contributed by atoms with E-state index in [4.69, 9.17) is 0 Å².